The molecule has 0 spiro atoms. The van der Waals surface area contributed by atoms with Crippen LogP contribution in [0.4, 0.5) is 21.8 Å². The van der Waals surface area contributed by atoms with Crippen LogP contribution in [0.15, 0.2) is 30.5 Å². The van der Waals surface area contributed by atoms with Crippen LogP contribution in [0.3, 0.4) is 0 Å². The molecule has 1 aromatic carbocycles. The maximum atomic E-state index is 13.2. The zero-order chi connectivity index (χ0) is 21.8. The van der Waals surface area contributed by atoms with Crippen molar-refractivity contribution in [3.8, 4) is 0 Å². The molecule has 3 N–H and O–H groups in total. The molecule has 1 aliphatic carbocycles. The van der Waals surface area contributed by atoms with Crippen molar-refractivity contribution in [2.75, 3.05) is 23.7 Å². The molecule has 1 saturated carbocycles. The average molecular weight is 428 g/mol. The second-order valence-electron chi connectivity index (χ2n) is 9.18. The van der Waals surface area contributed by atoms with Gasteiger partial charge in [0.25, 0.3) is 0 Å². The highest BCUT2D eigenvalue weighted by Crippen LogP contribution is 2.34. The number of piperidine rings is 1. The van der Waals surface area contributed by atoms with Gasteiger partial charge in [-0.25, -0.2) is 9.37 Å². The number of nitrogens with one attached hydrogen (secondary N) is 2. The van der Waals surface area contributed by atoms with Crippen LogP contribution < -0.4 is 10.6 Å². The molecule has 7 heteroatoms. The van der Waals surface area contributed by atoms with E-state index in [1.165, 1.54) is 17.7 Å². The fourth-order valence-electron chi connectivity index (χ4n) is 4.67. The number of aromatic nitrogens is 2. The van der Waals surface area contributed by atoms with E-state index in [4.69, 9.17) is 4.98 Å². The Morgan fingerprint density at radius 1 is 1.03 bits per heavy atom. The SMILES string of the molecule is CC(C)N1CCC(c2cnc(Nc3ccc(F)cc3)nc2NC2CCC(O)CC2)CC1. The summed E-state index contributed by atoms with van der Waals surface area (Å²) in [6, 6.07) is 7.10. The van der Waals surface area contributed by atoms with E-state index in [1.807, 2.05) is 6.20 Å². The molecule has 2 aliphatic rings. The largest absolute Gasteiger partial charge is 0.393 e. The first-order valence-electron chi connectivity index (χ1n) is 11.6. The van der Waals surface area contributed by atoms with Crippen LogP contribution in [-0.2, 0) is 0 Å². The zero-order valence-electron chi connectivity index (χ0n) is 18.5. The van der Waals surface area contributed by atoms with Crippen molar-refractivity contribution in [3.63, 3.8) is 0 Å². The number of anilines is 3. The van der Waals surface area contributed by atoms with E-state index in [2.05, 4.69) is 34.4 Å². The summed E-state index contributed by atoms with van der Waals surface area (Å²) in [5.41, 5.74) is 1.94. The molecule has 2 aromatic rings. The van der Waals surface area contributed by atoms with Gasteiger partial charge in [0.1, 0.15) is 11.6 Å². The summed E-state index contributed by atoms with van der Waals surface area (Å²) in [5, 5.41) is 16.7. The Kier molecular flexibility index (Phi) is 7.02. The lowest BCUT2D eigenvalue weighted by molar-refractivity contribution is 0.126. The van der Waals surface area contributed by atoms with Crippen molar-refractivity contribution < 1.29 is 9.50 Å². The fraction of sp³-hybridized carbons (Fsp3) is 0.583. The molecule has 31 heavy (non-hydrogen) atoms. The highest BCUT2D eigenvalue weighted by Gasteiger charge is 2.27. The molecule has 1 aliphatic heterocycles. The number of aliphatic hydroxyl groups excluding tert-OH is 1. The van der Waals surface area contributed by atoms with Crippen molar-refractivity contribution in [3.05, 3.63) is 41.8 Å². The third kappa shape index (κ3) is 5.71. The lowest BCUT2D eigenvalue weighted by Gasteiger charge is -2.35. The Morgan fingerprint density at radius 3 is 2.35 bits per heavy atom. The van der Waals surface area contributed by atoms with Crippen molar-refractivity contribution >= 4 is 17.5 Å². The van der Waals surface area contributed by atoms with E-state index in [1.54, 1.807) is 12.1 Å². The minimum absolute atomic E-state index is 0.181. The number of hydrogen-bond acceptors (Lipinski definition) is 6. The molecule has 168 valence electrons. The van der Waals surface area contributed by atoms with Gasteiger partial charge in [-0.15, -0.1) is 0 Å². The first kappa shape index (κ1) is 22.0. The fourth-order valence-corrected chi connectivity index (χ4v) is 4.67. The van der Waals surface area contributed by atoms with Gasteiger partial charge in [-0.2, -0.15) is 4.98 Å². The maximum absolute atomic E-state index is 13.2. The van der Waals surface area contributed by atoms with Crippen LogP contribution in [0.5, 0.6) is 0 Å². The van der Waals surface area contributed by atoms with Crippen molar-refractivity contribution in [1.29, 1.82) is 0 Å². The third-order valence-corrected chi connectivity index (χ3v) is 6.65. The van der Waals surface area contributed by atoms with Gasteiger partial charge in [-0.05, 0) is 95.6 Å². The van der Waals surface area contributed by atoms with Gasteiger partial charge < -0.3 is 20.6 Å². The second kappa shape index (κ2) is 9.92. The summed E-state index contributed by atoms with van der Waals surface area (Å²) in [6.45, 7) is 6.69. The molecule has 2 heterocycles. The van der Waals surface area contributed by atoms with E-state index in [0.29, 0.717) is 23.9 Å². The van der Waals surface area contributed by atoms with Crippen LogP contribution in [-0.4, -0.2) is 51.3 Å². The molecule has 0 atom stereocenters. The summed E-state index contributed by atoms with van der Waals surface area (Å²) in [6.07, 6.45) is 7.51. The van der Waals surface area contributed by atoms with Gasteiger partial charge in [0.15, 0.2) is 0 Å². The standard InChI is InChI=1S/C24H34FN5O/c1-16(2)30-13-11-17(12-14-30)22-15-26-24(28-20-5-3-18(25)4-6-20)29-23(22)27-19-7-9-21(31)10-8-19/h3-6,15-17,19,21,31H,7-14H2,1-2H3,(H2,26,27,28,29). The van der Waals surface area contributed by atoms with Crippen LogP contribution >= 0.6 is 0 Å². The van der Waals surface area contributed by atoms with Crippen LogP contribution in [0.2, 0.25) is 0 Å². The Hall–Kier alpha value is -2.25. The smallest absolute Gasteiger partial charge is 0.229 e. The molecule has 0 unspecified atom stereocenters. The van der Waals surface area contributed by atoms with Gasteiger partial charge in [-0.3, -0.25) is 0 Å². The highest BCUT2D eigenvalue weighted by atomic mass is 19.1. The quantitative estimate of drug-likeness (QED) is 0.623. The molecule has 0 radical (unpaired) electrons. The molecular weight excluding hydrogens is 393 g/mol. The molecular formula is C24H34FN5O. The van der Waals surface area contributed by atoms with E-state index >= 15 is 0 Å². The predicted molar refractivity (Wildman–Crippen MR) is 122 cm³/mol. The molecule has 1 aromatic heterocycles. The average Bonchev–Trinajstić information content (AvgIpc) is 2.77. The Balaban J connectivity index is 1.53. The molecule has 2 fully saturated rings. The minimum Gasteiger partial charge on any atom is -0.393 e. The summed E-state index contributed by atoms with van der Waals surface area (Å²) >= 11 is 0. The summed E-state index contributed by atoms with van der Waals surface area (Å²) < 4.78 is 13.2. The monoisotopic (exact) mass is 427 g/mol. The molecule has 0 amide bonds. The number of halogens is 1. The Bertz CT molecular complexity index is 844. The van der Waals surface area contributed by atoms with Gasteiger partial charge in [0.05, 0.1) is 6.10 Å². The van der Waals surface area contributed by atoms with Crippen LogP contribution in [0.25, 0.3) is 0 Å². The number of nitrogens with zero attached hydrogens (tertiary/aromatic N) is 3. The van der Waals surface area contributed by atoms with E-state index in [0.717, 1.165) is 63.1 Å². The third-order valence-electron chi connectivity index (χ3n) is 6.65. The maximum Gasteiger partial charge on any atom is 0.229 e. The van der Waals surface area contributed by atoms with Crippen molar-refractivity contribution in [1.82, 2.24) is 14.9 Å². The summed E-state index contributed by atoms with van der Waals surface area (Å²) in [5.74, 6) is 1.57. The summed E-state index contributed by atoms with van der Waals surface area (Å²) in [4.78, 5) is 11.9. The van der Waals surface area contributed by atoms with Crippen molar-refractivity contribution in [2.24, 2.45) is 0 Å². The topological polar surface area (TPSA) is 73.3 Å². The lowest BCUT2D eigenvalue weighted by atomic mass is 9.89. The van der Waals surface area contributed by atoms with Gasteiger partial charge >= 0.3 is 0 Å². The first-order valence-corrected chi connectivity index (χ1v) is 11.6. The number of aliphatic hydroxyl groups is 1. The van der Waals surface area contributed by atoms with E-state index < -0.39 is 0 Å². The normalized spacial score (nSPS) is 23.1. The Morgan fingerprint density at radius 2 is 1.71 bits per heavy atom. The number of hydrogen-bond donors (Lipinski definition) is 3. The number of rotatable bonds is 6. The zero-order valence-corrected chi connectivity index (χ0v) is 18.5. The van der Waals surface area contributed by atoms with E-state index in [-0.39, 0.29) is 11.9 Å². The van der Waals surface area contributed by atoms with Gasteiger partial charge in [-0.1, -0.05) is 0 Å². The predicted octanol–water partition coefficient (Wildman–Crippen LogP) is 4.66. The Labute approximate surface area is 184 Å². The molecule has 1 saturated heterocycles. The van der Waals surface area contributed by atoms with Gasteiger partial charge in [0, 0.05) is 29.5 Å². The molecule has 0 bridgehead atoms. The van der Waals surface area contributed by atoms with Crippen LogP contribution in [0.1, 0.15) is 63.9 Å². The van der Waals surface area contributed by atoms with Crippen molar-refractivity contribution in [2.45, 2.75) is 76.5 Å². The van der Waals surface area contributed by atoms with Crippen LogP contribution in [0, 0.1) is 5.82 Å². The molecule has 4 rings (SSSR count). The van der Waals surface area contributed by atoms with E-state index in [9.17, 15) is 9.50 Å². The van der Waals surface area contributed by atoms with Gasteiger partial charge in [0.2, 0.25) is 5.95 Å². The second-order valence-corrected chi connectivity index (χ2v) is 9.18. The lowest BCUT2D eigenvalue weighted by Crippen LogP contribution is -2.38. The highest BCUT2D eigenvalue weighted by molar-refractivity contribution is 5.57. The summed E-state index contributed by atoms with van der Waals surface area (Å²) in [7, 11) is 0. The number of benzene rings is 1. The molecule has 6 nitrogen and oxygen atoms in total. The first-order chi connectivity index (χ1) is 15.0. The minimum atomic E-state index is -0.267. The number of likely N-dealkylation sites (tertiary alicyclic amines) is 1.